The molecule has 0 aliphatic heterocycles. The molecule has 0 heterocycles. The van der Waals surface area contributed by atoms with Gasteiger partial charge in [-0.05, 0) is 13.8 Å². The normalized spacial score (nSPS) is 9.70. The van der Waals surface area contributed by atoms with Gasteiger partial charge in [0.15, 0.2) is 5.83 Å². The van der Waals surface area contributed by atoms with Gasteiger partial charge in [0.1, 0.15) is 0 Å². The maximum atomic E-state index is 12.1. The molecule has 0 radical (unpaired) electrons. The summed E-state index contributed by atoms with van der Waals surface area (Å²) in [7, 11) is 1.54. The lowest BCUT2D eigenvalue weighted by Gasteiger charge is -2.19. The first-order valence-corrected chi connectivity index (χ1v) is 3.08. The molecule has 0 aromatic rings. The Morgan fingerprint density at radius 3 is 2.10 bits per heavy atom. The third kappa shape index (κ3) is 2.17. The minimum Gasteiger partial charge on any atom is -0.337 e. The first-order chi connectivity index (χ1) is 4.46. The molecule has 10 heavy (non-hydrogen) atoms. The van der Waals surface area contributed by atoms with E-state index in [4.69, 9.17) is 0 Å². The van der Waals surface area contributed by atoms with Crippen molar-refractivity contribution >= 4 is 5.91 Å². The van der Waals surface area contributed by atoms with Crippen LogP contribution in [0.2, 0.25) is 0 Å². The van der Waals surface area contributed by atoms with E-state index in [9.17, 15) is 9.18 Å². The Morgan fingerprint density at radius 1 is 1.60 bits per heavy atom. The molecular formula is C7H12FNO. The zero-order valence-corrected chi connectivity index (χ0v) is 6.52. The predicted octanol–water partition coefficient (Wildman–Crippen LogP) is 1.34. The molecule has 0 bridgehead atoms. The van der Waals surface area contributed by atoms with E-state index in [0.717, 1.165) is 0 Å². The summed E-state index contributed by atoms with van der Waals surface area (Å²) in [4.78, 5) is 12.0. The van der Waals surface area contributed by atoms with Gasteiger partial charge in [-0.15, -0.1) is 0 Å². The first kappa shape index (κ1) is 9.14. The lowest BCUT2D eigenvalue weighted by atomic mass is 10.3. The van der Waals surface area contributed by atoms with Crippen LogP contribution in [-0.2, 0) is 4.79 Å². The van der Waals surface area contributed by atoms with Crippen LogP contribution in [0.25, 0.3) is 0 Å². The lowest BCUT2D eigenvalue weighted by Crippen LogP contribution is -2.32. The van der Waals surface area contributed by atoms with E-state index in [1.165, 1.54) is 11.9 Å². The molecule has 0 spiro atoms. The van der Waals surface area contributed by atoms with Gasteiger partial charge in [0, 0.05) is 13.1 Å². The Balaban J connectivity index is 4.08. The number of likely N-dealkylation sites (N-methyl/N-ethyl adjacent to an activating group) is 1. The minimum atomic E-state index is -0.906. The number of hydrogen-bond acceptors (Lipinski definition) is 1. The summed E-state index contributed by atoms with van der Waals surface area (Å²) < 4.78 is 12.1. The maximum absolute atomic E-state index is 12.1. The summed E-state index contributed by atoms with van der Waals surface area (Å²) in [6.07, 6.45) is 0. The molecule has 1 amide bonds. The standard InChI is InChI=1S/C7H12FNO/c1-5(2)9(4)7(10)6(3)8/h5H,3H2,1-2,4H3. The predicted molar refractivity (Wildman–Crippen MR) is 38.2 cm³/mol. The van der Waals surface area contributed by atoms with Gasteiger partial charge >= 0.3 is 0 Å². The van der Waals surface area contributed by atoms with Crippen LogP contribution in [0.1, 0.15) is 13.8 Å². The average Bonchev–Trinajstić information content (AvgIpc) is 1.84. The third-order valence-corrected chi connectivity index (χ3v) is 1.33. The van der Waals surface area contributed by atoms with Crippen molar-refractivity contribution in [1.29, 1.82) is 0 Å². The van der Waals surface area contributed by atoms with E-state index in [0.29, 0.717) is 0 Å². The molecular weight excluding hydrogens is 133 g/mol. The van der Waals surface area contributed by atoms with Gasteiger partial charge < -0.3 is 4.90 Å². The number of hydrogen-bond donors (Lipinski definition) is 0. The smallest absolute Gasteiger partial charge is 0.281 e. The van der Waals surface area contributed by atoms with Gasteiger partial charge in [0.2, 0.25) is 0 Å². The summed E-state index contributed by atoms with van der Waals surface area (Å²) in [5, 5.41) is 0. The van der Waals surface area contributed by atoms with Crippen LogP contribution in [0, 0.1) is 0 Å². The highest BCUT2D eigenvalue weighted by molar-refractivity contribution is 5.90. The molecule has 0 saturated heterocycles. The minimum absolute atomic E-state index is 0.0139. The molecule has 0 saturated carbocycles. The number of rotatable bonds is 2. The van der Waals surface area contributed by atoms with Crippen molar-refractivity contribution in [3.8, 4) is 0 Å². The second-order valence-electron chi connectivity index (χ2n) is 2.41. The summed E-state index contributed by atoms with van der Waals surface area (Å²) in [6, 6.07) is 0.0139. The Labute approximate surface area is 60.3 Å². The van der Waals surface area contributed by atoms with E-state index in [2.05, 4.69) is 6.58 Å². The maximum Gasteiger partial charge on any atom is 0.281 e. The zero-order valence-electron chi connectivity index (χ0n) is 6.52. The van der Waals surface area contributed by atoms with Gasteiger partial charge in [-0.2, -0.15) is 0 Å². The molecule has 0 aromatic heterocycles. The van der Waals surface area contributed by atoms with Crippen molar-refractivity contribution in [2.24, 2.45) is 0 Å². The first-order valence-electron chi connectivity index (χ1n) is 3.08. The summed E-state index contributed by atoms with van der Waals surface area (Å²) in [5.41, 5.74) is 0. The Kier molecular flexibility index (Phi) is 3.06. The van der Waals surface area contributed by atoms with Gasteiger partial charge in [0.25, 0.3) is 5.91 Å². The fourth-order valence-electron chi connectivity index (χ4n) is 0.426. The second-order valence-corrected chi connectivity index (χ2v) is 2.41. The van der Waals surface area contributed by atoms with Gasteiger partial charge in [0.05, 0.1) is 0 Å². The van der Waals surface area contributed by atoms with Crippen molar-refractivity contribution in [3.05, 3.63) is 12.4 Å². The van der Waals surface area contributed by atoms with Crippen molar-refractivity contribution in [2.45, 2.75) is 19.9 Å². The zero-order chi connectivity index (χ0) is 8.31. The van der Waals surface area contributed by atoms with Gasteiger partial charge in [-0.3, -0.25) is 4.79 Å². The molecule has 0 aliphatic carbocycles. The molecule has 0 N–H and O–H groups in total. The molecule has 0 aromatic carbocycles. The number of carbonyl (C=O) groups excluding carboxylic acids is 1. The van der Waals surface area contributed by atoms with Crippen LogP contribution in [0.15, 0.2) is 12.4 Å². The van der Waals surface area contributed by atoms with Crippen molar-refractivity contribution < 1.29 is 9.18 Å². The van der Waals surface area contributed by atoms with Crippen LogP contribution in [-0.4, -0.2) is 23.9 Å². The number of halogens is 1. The lowest BCUT2D eigenvalue weighted by molar-refractivity contribution is -0.128. The van der Waals surface area contributed by atoms with Crippen LogP contribution in [0.5, 0.6) is 0 Å². The van der Waals surface area contributed by atoms with Crippen molar-refractivity contribution in [3.63, 3.8) is 0 Å². The number of carbonyl (C=O) groups is 1. The summed E-state index contributed by atoms with van der Waals surface area (Å²) in [5.74, 6) is -1.55. The number of amides is 1. The second kappa shape index (κ2) is 3.34. The third-order valence-electron chi connectivity index (χ3n) is 1.33. The molecule has 0 unspecified atom stereocenters. The van der Waals surface area contributed by atoms with Crippen molar-refractivity contribution in [1.82, 2.24) is 4.90 Å². The van der Waals surface area contributed by atoms with E-state index in [1.807, 2.05) is 0 Å². The van der Waals surface area contributed by atoms with Gasteiger partial charge in [-0.25, -0.2) is 4.39 Å². The Bertz CT molecular complexity index is 154. The fraction of sp³-hybridized carbons (Fsp3) is 0.571. The highest BCUT2D eigenvalue weighted by atomic mass is 19.1. The largest absolute Gasteiger partial charge is 0.337 e. The molecule has 0 aliphatic rings. The van der Waals surface area contributed by atoms with E-state index in [1.54, 1.807) is 13.8 Å². The topological polar surface area (TPSA) is 20.3 Å². The van der Waals surface area contributed by atoms with E-state index >= 15 is 0 Å². The molecule has 0 atom stereocenters. The molecule has 3 heteroatoms. The monoisotopic (exact) mass is 145 g/mol. The molecule has 0 rings (SSSR count). The van der Waals surface area contributed by atoms with Crippen molar-refractivity contribution in [2.75, 3.05) is 7.05 Å². The van der Waals surface area contributed by atoms with E-state index < -0.39 is 11.7 Å². The van der Waals surface area contributed by atoms with Crippen LogP contribution < -0.4 is 0 Å². The highest BCUT2D eigenvalue weighted by Crippen LogP contribution is 2.01. The Hall–Kier alpha value is -0.860. The SMILES string of the molecule is C=C(F)C(=O)N(C)C(C)C. The molecule has 2 nitrogen and oxygen atoms in total. The van der Waals surface area contributed by atoms with Gasteiger partial charge in [-0.1, -0.05) is 6.58 Å². The molecule has 0 fully saturated rings. The quantitative estimate of drug-likeness (QED) is 0.537. The summed E-state index contributed by atoms with van der Waals surface area (Å²) in [6.45, 7) is 6.51. The summed E-state index contributed by atoms with van der Waals surface area (Å²) >= 11 is 0. The number of nitrogens with zero attached hydrogens (tertiary/aromatic N) is 1. The highest BCUT2D eigenvalue weighted by Gasteiger charge is 2.14. The van der Waals surface area contributed by atoms with Crippen LogP contribution >= 0.6 is 0 Å². The van der Waals surface area contributed by atoms with Crippen LogP contribution in [0.3, 0.4) is 0 Å². The fourth-order valence-corrected chi connectivity index (χ4v) is 0.426. The average molecular weight is 145 g/mol. The molecule has 58 valence electrons. The van der Waals surface area contributed by atoms with Crippen LogP contribution in [0.4, 0.5) is 4.39 Å². The Morgan fingerprint density at radius 2 is 2.00 bits per heavy atom. The van der Waals surface area contributed by atoms with E-state index in [-0.39, 0.29) is 6.04 Å².